The largest absolute Gasteiger partial charge is 0.491 e. The molecule has 1 aliphatic carbocycles. The summed E-state index contributed by atoms with van der Waals surface area (Å²) in [5.41, 5.74) is 6.71. The van der Waals surface area contributed by atoms with Crippen LogP contribution in [0.4, 0.5) is 0 Å². The van der Waals surface area contributed by atoms with Crippen LogP contribution >= 0.6 is 0 Å². The van der Waals surface area contributed by atoms with Crippen molar-refractivity contribution in [1.29, 1.82) is 0 Å². The van der Waals surface area contributed by atoms with Gasteiger partial charge in [-0.15, -0.1) is 0 Å². The molecule has 2 atom stereocenters. The van der Waals surface area contributed by atoms with Gasteiger partial charge in [0.2, 0.25) is 0 Å². The summed E-state index contributed by atoms with van der Waals surface area (Å²) in [6.07, 6.45) is 3.82. The number of aliphatic hydroxyl groups is 1. The highest BCUT2D eigenvalue weighted by Gasteiger charge is 2.25. The molecule has 36 heavy (non-hydrogen) atoms. The van der Waals surface area contributed by atoms with Gasteiger partial charge in [-0.25, -0.2) is 0 Å². The number of fused-ring (bicyclic) bond motifs is 1. The molecule has 1 aliphatic rings. The Hall–Kier alpha value is -3.40. The van der Waals surface area contributed by atoms with Gasteiger partial charge >= 0.3 is 0 Å². The average Bonchev–Trinajstić information content (AvgIpc) is 3.15. The Morgan fingerprint density at radius 2 is 1.47 bits per heavy atom. The monoisotopic (exact) mass is 477 g/mol. The number of aryl methyl sites for hydroxylation is 1. The zero-order valence-corrected chi connectivity index (χ0v) is 20.8. The van der Waals surface area contributed by atoms with E-state index in [9.17, 15) is 5.11 Å². The van der Waals surface area contributed by atoms with Crippen molar-refractivity contribution in [2.75, 3.05) is 13.2 Å². The first-order chi connectivity index (χ1) is 17.7. The van der Waals surface area contributed by atoms with Crippen LogP contribution in [0.2, 0.25) is 0 Å². The molecule has 0 radical (unpaired) electrons. The van der Waals surface area contributed by atoms with Gasteiger partial charge in [-0.1, -0.05) is 97.1 Å². The Bertz CT molecular complexity index is 1210. The van der Waals surface area contributed by atoms with Crippen LogP contribution in [0.1, 0.15) is 29.5 Å². The number of ether oxygens (including phenoxy) is 1. The van der Waals surface area contributed by atoms with Crippen LogP contribution in [-0.4, -0.2) is 35.3 Å². The minimum absolute atomic E-state index is 0.288. The number of hydrogen-bond donors (Lipinski definition) is 1. The van der Waals surface area contributed by atoms with Gasteiger partial charge in [0.1, 0.15) is 18.5 Å². The first kappa shape index (κ1) is 24.3. The molecule has 0 bridgehead atoms. The van der Waals surface area contributed by atoms with Gasteiger partial charge in [0.15, 0.2) is 0 Å². The highest BCUT2D eigenvalue weighted by Crippen LogP contribution is 2.29. The van der Waals surface area contributed by atoms with Crippen molar-refractivity contribution in [2.45, 2.75) is 44.4 Å². The van der Waals surface area contributed by atoms with E-state index in [0.29, 0.717) is 12.6 Å². The molecule has 5 rings (SSSR count). The van der Waals surface area contributed by atoms with Crippen molar-refractivity contribution >= 4 is 0 Å². The van der Waals surface area contributed by atoms with Crippen LogP contribution in [0.25, 0.3) is 11.1 Å². The Morgan fingerprint density at radius 3 is 2.22 bits per heavy atom. The third kappa shape index (κ3) is 6.42. The second-order valence-electron chi connectivity index (χ2n) is 9.79. The van der Waals surface area contributed by atoms with E-state index in [0.717, 1.165) is 38.0 Å². The topological polar surface area (TPSA) is 32.7 Å². The highest BCUT2D eigenvalue weighted by atomic mass is 16.5. The van der Waals surface area contributed by atoms with Gasteiger partial charge in [-0.2, -0.15) is 0 Å². The second kappa shape index (κ2) is 12.0. The molecular formula is C33H35NO2. The maximum absolute atomic E-state index is 11.0. The maximum atomic E-state index is 11.0. The lowest BCUT2D eigenvalue weighted by Gasteiger charge is -2.33. The van der Waals surface area contributed by atoms with Crippen LogP contribution in [-0.2, 0) is 19.4 Å². The van der Waals surface area contributed by atoms with Crippen molar-refractivity contribution in [2.24, 2.45) is 0 Å². The van der Waals surface area contributed by atoms with Gasteiger partial charge in [-0.3, -0.25) is 4.90 Å². The zero-order chi connectivity index (χ0) is 24.6. The van der Waals surface area contributed by atoms with Gasteiger partial charge in [0.05, 0.1) is 0 Å². The molecule has 0 saturated heterocycles. The highest BCUT2D eigenvalue weighted by molar-refractivity contribution is 5.65. The van der Waals surface area contributed by atoms with Crippen LogP contribution in [0.5, 0.6) is 5.75 Å². The number of para-hydroxylation sites is 1. The molecule has 4 aromatic carbocycles. The standard InChI is InChI=1S/C33H35NO2/c35-32(25-36-33-17-8-3-9-18-33)24-34(23-26-11-4-1-5-12-26)31-16-10-15-28-19-20-29(21-30(28)22-31)27-13-6-2-7-14-27/h1-9,11-14,17-21,31-32,35H,10,15-16,22-25H2/t31?,32-/m0/s1. The summed E-state index contributed by atoms with van der Waals surface area (Å²) in [6, 6.07) is 38.3. The summed E-state index contributed by atoms with van der Waals surface area (Å²) in [7, 11) is 0. The SMILES string of the molecule is O[C@H](COc1ccccc1)CN(Cc1ccccc1)C1CCCc2ccc(-c3ccccc3)cc2C1. The fraction of sp³-hybridized carbons (Fsp3) is 0.273. The lowest BCUT2D eigenvalue weighted by Crippen LogP contribution is -2.42. The molecule has 1 N–H and O–H groups in total. The van der Waals surface area contributed by atoms with Crippen LogP contribution in [0.3, 0.4) is 0 Å². The maximum Gasteiger partial charge on any atom is 0.119 e. The third-order valence-electron chi connectivity index (χ3n) is 7.13. The van der Waals surface area contributed by atoms with Crippen LogP contribution < -0.4 is 4.74 Å². The van der Waals surface area contributed by atoms with E-state index in [1.165, 1.54) is 27.8 Å². The fourth-order valence-electron chi connectivity index (χ4n) is 5.26. The number of hydrogen-bond acceptors (Lipinski definition) is 3. The summed E-state index contributed by atoms with van der Waals surface area (Å²) in [5.74, 6) is 0.794. The molecule has 0 heterocycles. The lowest BCUT2D eigenvalue weighted by atomic mass is 9.95. The van der Waals surface area contributed by atoms with E-state index in [4.69, 9.17) is 4.74 Å². The number of aliphatic hydroxyl groups excluding tert-OH is 1. The summed E-state index contributed by atoms with van der Waals surface area (Å²) in [6.45, 7) is 1.69. The molecule has 0 aromatic heterocycles. The molecule has 0 amide bonds. The predicted octanol–water partition coefficient (Wildman–Crippen LogP) is 6.54. The van der Waals surface area contributed by atoms with Crippen molar-refractivity contribution in [3.8, 4) is 16.9 Å². The average molecular weight is 478 g/mol. The molecule has 3 nitrogen and oxygen atoms in total. The second-order valence-corrected chi connectivity index (χ2v) is 9.79. The molecule has 4 aromatic rings. The van der Waals surface area contributed by atoms with Gasteiger partial charge in [0, 0.05) is 19.1 Å². The first-order valence-corrected chi connectivity index (χ1v) is 13.1. The minimum atomic E-state index is -0.563. The van der Waals surface area contributed by atoms with Crippen LogP contribution in [0.15, 0.2) is 109 Å². The summed E-state index contributed by atoms with van der Waals surface area (Å²) in [5, 5.41) is 11.0. The lowest BCUT2D eigenvalue weighted by molar-refractivity contribution is 0.0463. The van der Waals surface area contributed by atoms with Gasteiger partial charge < -0.3 is 9.84 Å². The Morgan fingerprint density at radius 1 is 0.778 bits per heavy atom. The molecule has 1 unspecified atom stereocenters. The molecule has 0 fully saturated rings. The quantitative estimate of drug-likeness (QED) is 0.278. The van der Waals surface area contributed by atoms with Gasteiger partial charge in [-0.05, 0) is 65.6 Å². The molecule has 0 spiro atoms. The molecular weight excluding hydrogens is 442 g/mol. The zero-order valence-electron chi connectivity index (χ0n) is 20.8. The molecule has 3 heteroatoms. The Balaban J connectivity index is 1.34. The minimum Gasteiger partial charge on any atom is -0.491 e. The first-order valence-electron chi connectivity index (χ1n) is 13.1. The van der Waals surface area contributed by atoms with E-state index in [1.54, 1.807) is 0 Å². The van der Waals surface area contributed by atoms with Crippen molar-refractivity contribution in [3.05, 3.63) is 126 Å². The van der Waals surface area contributed by atoms with E-state index >= 15 is 0 Å². The number of rotatable bonds is 9. The van der Waals surface area contributed by atoms with E-state index in [1.807, 2.05) is 30.3 Å². The summed E-state index contributed by atoms with van der Waals surface area (Å²) in [4.78, 5) is 2.47. The molecule has 0 aliphatic heterocycles. The van der Waals surface area contributed by atoms with E-state index < -0.39 is 6.10 Å². The van der Waals surface area contributed by atoms with Gasteiger partial charge in [0.25, 0.3) is 0 Å². The molecule has 184 valence electrons. The smallest absolute Gasteiger partial charge is 0.119 e. The van der Waals surface area contributed by atoms with Crippen molar-refractivity contribution in [1.82, 2.24) is 4.90 Å². The number of nitrogens with zero attached hydrogens (tertiary/aromatic N) is 1. The third-order valence-corrected chi connectivity index (χ3v) is 7.13. The van der Waals surface area contributed by atoms with E-state index in [2.05, 4.69) is 83.8 Å². The summed E-state index contributed by atoms with van der Waals surface area (Å²) >= 11 is 0. The van der Waals surface area contributed by atoms with E-state index in [-0.39, 0.29) is 6.61 Å². The predicted molar refractivity (Wildman–Crippen MR) is 147 cm³/mol. The summed E-state index contributed by atoms with van der Waals surface area (Å²) < 4.78 is 5.88. The molecule has 0 saturated carbocycles. The van der Waals surface area contributed by atoms with Crippen molar-refractivity contribution < 1.29 is 9.84 Å². The fourth-order valence-corrected chi connectivity index (χ4v) is 5.26. The number of benzene rings is 4. The normalized spacial score (nSPS) is 16.2. The van der Waals surface area contributed by atoms with Crippen molar-refractivity contribution in [3.63, 3.8) is 0 Å². The Kier molecular flexibility index (Phi) is 8.12. The Labute approximate surface area is 215 Å². The van der Waals surface area contributed by atoms with Crippen LogP contribution in [0, 0.1) is 0 Å².